The predicted octanol–water partition coefficient (Wildman–Crippen LogP) is 13.1. The van der Waals surface area contributed by atoms with Gasteiger partial charge < -0.3 is 13.3 Å². The summed E-state index contributed by atoms with van der Waals surface area (Å²) >= 11 is 3.48. The lowest BCUT2D eigenvalue weighted by Crippen LogP contribution is -1.82. The Kier molecular flexibility index (Phi) is 4.61. The maximum Gasteiger partial charge on any atom is 0.153 e. The molecule has 5 heterocycles. The van der Waals surface area contributed by atoms with Crippen molar-refractivity contribution in [1.82, 2.24) is 0 Å². The minimum absolute atomic E-state index is 0.906. The molecule has 45 heavy (non-hydrogen) atoms. The molecule has 0 aliphatic rings. The number of hydrogen-bond acceptors (Lipinski definition) is 5. The predicted molar refractivity (Wildman–Crippen MR) is 190 cm³/mol. The monoisotopic (exact) mass is 612 g/mol. The molecule has 5 heteroatoms. The standard InChI is InChI=1S/C40H20O3S2/c1-3-7-33-23(5-1)29-17-21(9-11-35(29)41-33)27-19-31-32-20-28(22-10-12-36-30(18-22)24-6-2-4-8-34(24)42-36)26-14-16-45-40(26)38(32)43-37(31)39-25(27)13-15-44-39/h1-20H. The van der Waals surface area contributed by atoms with E-state index < -0.39 is 0 Å². The van der Waals surface area contributed by atoms with Crippen molar-refractivity contribution in [2.24, 2.45) is 0 Å². The Balaban J connectivity index is 1.20. The van der Waals surface area contributed by atoms with Gasteiger partial charge in [-0.2, -0.15) is 0 Å². The Hall–Kier alpha value is -5.36. The van der Waals surface area contributed by atoms with Crippen molar-refractivity contribution in [3.63, 3.8) is 0 Å². The van der Waals surface area contributed by atoms with Crippen LogP contribution in [0.25, 0.3) is 108 Å². The Morgan fingerprint density at radius 2 is 0.822 bits per heavy atom. The van der Waals surface area contributed by atoms with Gasteiger partial charge in [-0.25, -0.2) is 0 Å². The molecule has 0 fully saturated rings. The SMILES string of the molecule is c1ccc2c(c1)oc1ccc(-c3cc4c5cc(-c6ccc7oc8ccccc8c7c6)c6ccsc6c5oc4c4sccc34)cc12. The molecular weight excluding hydrogens is 593 g/mol. The second-order valence-corrected chi connectivity index (χ2v) is 13.5. The van der Waals surface area contributed by atoms with E-state index in [1.165, 1.54) is 42.4 Å². The van der Waals surface area contributed by atoms with E-state index in [1.54, 1.807) is 22.7 Å². The quantitative estimate of drug-likeness (QED) is 0.195. The van der Waals surface area contributed by atoms with Crippen LogP contribution in [0.4, 0.5) is 0 Å². The fourth-order valence-corrected chi connectivity index (χ4v) is 8.99. The highest BCUT2D eigenvalue weighted by molar-refractivity contribution is 7.18. The first-order valence-electron chi connectivity index (χ1n) is 14.9. The molecule has 0 aliphatic heterocycles. The van der Waals surface area contributed by atoms with E-state index in [9.17, 15) is 0 Å². The molecule has 0 bridgehead atoms. The van der Waals surface area contributed by atoms with E-state index >= 15 is 0 Å². The van der Waals surface area contributed by atoms with Gasteiger partial charge in [-0.15, -0.1) is 22.7 Å². The first-order chi connectivity index (χ1) is 22.3. The molecule has 0 radical (unpaired) electrons. The van der Waals surface area contributed by atoms with Crippen LogP contribution >= 0.6 is 22.7 Å². The topological polar surface area (TPSA) is 39.4 Å². The summed E-state index contributed by atoms with van der Waals surface area (Å²) in [5.74, 6) is 0. The number of fused-ring (bicyclic) bond motifs is 13. The van der Waals surface area contributed by atoms with Crippen molar-refractivity contribution in [1.29, 1.82) is 0 Å². The minimum Gasteiger partial charge on any atom is -0.456 e. The highest BCUT2D eigenvalue weighted by Crippen LogP contribution is 2.47. The molecule has 0 saturated carbocycles. The van der Waals surface area contributed by atoms with E-state index in [-0.39, 0.29) is 0 Å². The number of rotatable bonds is 2. The number of thiophene rings is 2. The minimum atomic E-state index is 0.906. The highest BCUT2D eigenvalue weighted by atomic mass is 32.1. The molecule has 0 aliphatic carbocycles. The van der Waals surface area contributed by atoms with Crippen molar-refractivity contribution in [3.05, 3.63) is 120 Å². The van der Waals surface area contributed by atoms with Crippen molar-refractivity contribution in [3.8, 4) is 22.3 Å². The zero-order valence-electron chi connectivity index (χ0n) is 23.6. The summed E-state index contributed by atoms with van der Waals surface area (Å²) in [6, 6.07) is 38.7. The smallest absolute Gasteiger partial charge is 0.153 e. The number of hydrogen-bond donors (Lipinski definition) is 0. The van der Waals surface area contributed by atoms with Crippen LogP contribution in [0, 0.1) is 0 Å². The Morgan fingerprint density at radius 3 is 1.33 bits per heavy atom. The summed E-state index contributed by atoms with van der Waals surface area (Å²) in [4.78, 5) is 0. The summed E-state index contributed by atoms with van der Waals surface area (Å²) in [5, 5.41) is 13.6. The summed E-state index contributed by atoms with van der Waals surface area (Å²) < 4.78 is 21.4. The van der Waals surface area contributed by atoms with Crippen molar-refractivity contribution < 1.29 is 13.3 Å². The summed E-state index contributed by atoms with van der Waals surface area (Å²) in [6.45, 7) is 0. The van der Waals surface area contributed by atoms with Crippen LogP contribution in [-0.4, -0.2) is 0 Å². The molecule has 3 nitrogen and oxygen atoms in total. The normalized spacial score (nSPS) is 12.4. The van der Waals surface area contributed by atoms with Gasteiger partial charge in [0.25, 0.3) is 0 Å². The molecule has 0 atom stereocenters. The third-order valence-electron chi connectivity index (χ3n) is 9.26. The zero-order chi connectivity index (χ0) is 29.2. The molecular formula is C40H20O3S2. The number of benzene rings is 6. The molecule has 11 rings (SSSR count). The molecule has 0 N–H and O–H groups in total. The van der Waals surface area contributed by atoms with Gasteiger partial charge in [-0.05, 0) is 93.7 Å². The first kappa shape index (κ1) is 24.0. The molecule has 0 amide bonds. The van der Waals surface area contributed by atoms with Crippen molar-refractivity contribution in [2.45, 2.75) is 0 Å². The fraction of sp³-hybridized carbons (Fsp3) is 0. The van der Waals surface area contributed by atoms with Crippen molar-refractivity contribution >= 4 is 109 Å². The Bertz CT molecular complexity index is 2790. The van der Waals surface area contributed by atoms with Gasteiger partial charge in [0.2, 0.25) is 0 Å². The van der Waals surface area contributed by atoms with Gasteiger partial charge in [-0.1, -0.05) is 48.5 Å². The van der Waals surface area contributed by atoms with Crippen LogP contribution in [0.2, 0.25) is 0 Å². The number of para-hydroxylation sites is 2. The van der Waals surface area contributed by atoms with Gasteiger partial charge in [-0.3, -0.25) is 0 Å². The lowest BCUT2D eigenvalue weighted by Gasteiger charge is -2.07. The maximum atomic E-state index is 6.80. The van der Waals surface area contributed by atoms with E-state index in [0.717, 1.165) is 65.8 Å². The van der Waals surface area contributed by atoms with Gasteiger partial charge >= 0.3 is 0 Å². The Morgan fingerprint density at radius 1 is 0.356 bits per heavy atom. The molecule has 6 aromatic carbocycles. The Labute approximate surface area is 263 Å². The van der Waals surface area contributed by atoms with Gasteiger partial charge in [0, 0.05) is 43.1 Å². The van der Waals surface area contributed by atoms with Gasteiger partial charge in [0.15, 0.2) is 11.2 Å². The lowest BCUT2D eigenvalue weighted by atomic mass is 9.95. The third-order valence-corrected chi connectivity index (χ3v) is 11.1. The zero-order valence-corrected chi connectivity index (χ0v) is 25.2. The second kappa shape index (κ2) is 8.63. The first-order valence-corrected chi connectivity index (χ1v) is 16.6. The van der Waals surface area contributed by atoms with E-state index in [4.69, 9.17) is 13.3 Å². The van der Waals surface area contributed by atoms with Crippen molar-refractivity contribution in [2.75, 3.05) is 0 Å². The van der Waals surface area contributed by atoms with E-state index in [2.05, 4.69) is 95.7 Å². The highest BCUT2D eigenvalue weighted by Gasteiger charge is 2.21. The summed E-state index contributed by atoms with van der Waals surface area (Å²) in [7, 11) is 0. The molecule has 0 spiro atoms. The van der Waals surface area contributed by atoms with Gasteiger partial charge in [0.05, 0.1) is 9.40 Å². The molecule has 0 unspecified atom stereocenters. The van der Waals surface area contributed by atoms with E-state index in [0.29, 0.717) is 0 Å². The van der Waals surface area contributed by atoms with Crippen LogP contribution < -0.4 is 0 Å². The van der Waals surface area contributed by atoms with Gasteiger partial charge in [0.1, 0.15) is 22.3 Å². The fourth-order valence-electron chi connectivity index (χ4n) is 7.18. The average molecular weight is 613 g/mol. The molecule has 0 saturated heterocycles. The summed E-state index contributed by atoms with van der Waals surface area (Å²) in [6.07, 6.45) is 0. The third kappa shape index (κ3) is 3.23. The van der Waals surface area contributed by atoms with Crippen LogP contribution in [0.1, 0.15) is 0 Å². The number of furan rings is 3. The largest absolute Gasteiger partial charge is 0.456 e. The lowest BCUT2D eigenvalue weighted by molar-refractivity contribution is 0.668. The van der Waals surface area contributed by atoms with Crippen LogP contribution in [-0.2, 0) is 0 Å². The van der Waals surface area contributed by atoms with Crippen LogP contribution in [0.15, 0.2) is 133 Å². The average Bonchev–Trinajstić information content (AvgIpc) is 3.91. The maximum absolute atomic E-state index is 6.80. The molecule has 5 aromatic heterocycles. The second-order valence-electron chi connectivity index (χ2n) is 11.6. The molecule has 210 valence electrons. The van der Waals surface area contributed by atoms with E-state index in [1.807, 2.05) is 24.3 Å². The van der Waals surface area contributed by atoms with Crippen LogP contribution in [0.3, 0.4) is 0 Å². The summed E-state index contributed by atoms with van der Waals surface area (Å²) in [5.41, 5.74) is 10.3. The molecule has 11 aromatic rings. The van der Waals surface area contributed by atoms with Crippen LogP contribution in [0.5, 0.6) is 0 Å².